The van der Waals surface area contributed by atoms with Gasteiger partial charge in [-0.25, -0.2) is 15.0 Å². The summed E-state index contributed by atoms with van der Waals surface area (Å²) in [6.45, 7) is 0. The van der Waals surface area contributed by atoms with Crippen LogP contribution in [0.25, 0.3) is 33.4 Å². The van der Waals surface area contributed by atoms with Gasteiger partial charge in [-0.05, 0) is 17.7 Å². The van der Waals surface area contributed by atoms with Gasteiger partial charge in [-0.15, -0.1) is 0 Å². The lowest BCUT2D eigenvalue weighted by Gasteiger charge is -2.30. The van der Waals surface area contributed by atoms with Gasteiger partial charge < -0.3 is 15.8 Å². The van der Waals surface area contributed by atoms with Crippen molar-refractivity contribution in [2.24, 2.45) is 7.05 Å². The van der Waals surface area contributed by atoms with Gasteiger partial charge in [0.2, 0.25) is 11.5 Å². The summed E-state index contributed by atoms with van der Waals surface area (Å²) in [5.74, 6) is -0.406. The normalized spacial score (nSPS) is 13.8. The molecule has 0 radical (unpaired) electrons. The van der Waals surface area contributed by atoms with Crippen LogP contribution in [0.3, 0.4) is 0 Å². The van der Waals surface area contributed by atoms with Gasteiger partial charge in [0, 0.05) is 47.7 Å². The Hall–Kier alpha value is -4.25. The Morgan fingerprint density at radius 2 is 1.79 bits per heavy atom. The molecular formula is C23H18F3N7O. The Balaban J connectivity index is 1.69. The van der Waals surface area contributed by atoms with Crippen LogP contribution in [-0.4, -0.2) is 41.0 Å². The van der Waals surface area contributed by atoms with Crippen LogP contribution >= 0.6 is 0 Å². The topological polar surface area (TPSA) is 119 Å². The van der Waals surface area contributed by atoms with Gasteiger partial charge in [0.1, 0.15) is 5.65 Å². The zero-order valence-corrected chi connectivity index (χ0v) is 17.7. The predicted molar refractivity (Wildman–Crippen MR) is 119 cm³/mol. The van der Waals surface area contributed by atoms with Gasteiger partial charge in [0.05, 0.1) is 17.6 Å². The number of H-pyrrole nitrogens is 1. The minimum atomic E-state index is -5.07. The Morgan fingerprint density at radius 3 is 2.47 bits per heavy atom. The molecule has 1 unspecified atom stereocenters. The number of anilines is 1. The van der Waals surface area contributed by atoms with Gasteiger partial charge in [-0.2, -0.15) is 18.3 Å². The van der Waals surface area contributed by atoms with Crippen LogP contribution < -0.4 is 5.73 Å². The number of fused-ring (bicyclic) bond motifs is 1. The number of nitrogens with two attached hydrogens (primary N) is 1. The largest absolute Gasteiger partial charge is 0.427 e. The van der Waals surface area contributed by atoms with Crippen LogP contribution in [0.5, 0.6) is 0 Å². The second-order valence-electron chi connectivity index (χ2n) is 7.80. The summed E-state index contributed by atoms with van der Waals surface area (Å²) in [6, 6.07) is 9.65. The van der Waals surface area contributed by atoms with Crippen molar-refractivity contribution in [3.8, 4) is 22.4 Å². The van der Waals surface area contributed by atoms with E-state index in [4.69, 9.17) is 5.73 Å². The Kier molecular flexibility index (Phi) is 4.87. The molecule has 0 spiro atoms. The first-order chi connectivity index (χ1) is 16.2. The number of halogens is 3. The number of rotatable bonds is 4. The third kappa shape index (κ3) is 3.46. The zero-order chi connectivity index (χ0) is 24.1. The lowest BCUT2D eigenvalue weighted by atomic mass is 9.88. The molecule has 0 bridgehead atoms. The molecule has 0 aliphatic carbocycles. The van der Waals surface area contributed by atoms with E-state index < -0.39 is 23.4 Å². The number of alkyl halides is 3. The highest BCUT2D eigenvalue weighted by molar-refractivity contribution is 5.95. The number of benzene rings is 1. The maximum absolute atomic E-state index is 14.2. The van der Waals surface area contributed by atoms with Gasteiger partial charge in [0.25, 0.3) is 0 Å². The lowest BCUT2D eigenvalue weighted by Crippen LogP contribution is -2.44. The van der Waals surface area contributed by atoms with Gasteiger partial charge >= 0.3 is 6.18 Å². The molecule has 0 saturated carbocycles. The molecule has 4 aromatic heterocycles. The van der Waals surface area contributed by atoms with E-state index in [0.29, 0.717) is 16.6 Å². The van der Waals surface area contributed by atoms with Crippen molar-refractivity contribution in [2.45, 2.75) is 11.8 Å². The summed E-state index contributed by atoms with van der Waals surface area (Å²) in [6.07, 6.45) is 1.67. The number of hydrogen-bond donors (Lipinski definition) is 3. The number of hydrogen-bond acceptors (Lipinski definition) is 6. The van der Waals surface area contributed by atoms with Crippen molar-refractivity contribution in [2.75, 3.05) is 5.73 Å². The molecule has 1 aromatic carbocycles. The molecule has 34 heavy (non-hydrogen) atoms. The number of aromatic nitrogens is 6. The van der Waals surface area contributed by atoms with Crippen molar-refractivity contribution in [3.05, 3.63) is 78.5 Å². The number of aromatic amines is 1. The van der Waals surface area contributed by atoms with Crippen molar-refractivity contribution >= 4 is 17.0 Å². The second-order valence-corrected chi connectivity index (χ2v) is 7.80. The van der Waals surface area contributed by atoms with E-state index in [1.807, 2.05) is 12.3 Å². The molecule has 5 rings (SSSR count). The molecule has 172 valence electrons. The van der Waals surface area contributed by atoms with Gasteiger partial charge in [-0.3, -0.25) is 4.68 Å². The number of pyridine rings is 1. The maximum atomic E-state index is 14.2. The van der Waals surface area contributed by atoms with Crippen molar-refractivity contribution in [1.82, 2.24) is 29.7 Å². The number of aryl methyl sites for hydroxylation is 1. The standard InChI is InChI=1S/C23H18F3N7O/c1-33-12-14(10-30-33)13-7-16-17(11-29-20(16)28-9-13)18-8-19(32-21(27)31-18)22(34,23(24,25)26)15-5-3-2-4-6-15/h2-12,34H,1H3,(H,28,29)(H2,27,31,32). The molecule has 0 fully saturated rings. The first-order valence-electron chi connectivity index (χ1n) is 10.1. The fraction of sp³-hybridized carbons (Fsp3) is 0.130. The van der Waals surface area contributed by atoms with Gasteiger partial charge in [-0.1, -0.05) is 30.3 Å². The number of nitrogens with zero attached hydrogens (tertiary/aromatic N) is 5. The summed E-state index contributed by atoms with van der Waals surface area (Å²) in [5.41, 5.74) is 4.03. The van der Waals surface area contributed by atoms with E-state index in [0.717, 1.165) is 17.2 Å². The van der Waals surface area contributed by atoms with E-state index in [1.165, 1.54) is 24.3 Å². The highest BCUT2D eigenvalue weighted by atomic mass is 19.4. The van der Waals surface area contributed by atoms with Crippen molar-refractivity contribution in [1.29, 1.82) is 0 Å². The van der Waals surface area contributed by atoms with E-state index >= 15 is 0 Å². The van der Waals surface area contributed by atoms with Crippen LogP contribution in [-0.2, 0) is 12.6 Å². The average molecular weight is 465 g/mol. The number of nitrogen functional groups attached to an aromatic ring is 1. The molecule has 0 aliphatic heterocycles. The van der Waals surface area contributed by atoms with Crippen LogP contribution in [0.1, 0.15) is 11.3 Å². The summed E-state index contributed by atoms with van der Waals surface area (Å²) in [7, 11) is 1.79. The first kappa shape index (κ1) is 21.6. The van der Waals surface area contributed by atoms with E-state index in [1.54, 1.807) is 36.4 Å². The minimum Gasteiger partial charge on any atom is -0.371 e. The Labute approximate surface area is 190 Å². The molecule has 11 heteroatoms. The SMILES string of the molecule is Cn1cc(-c2cnc3[nH]cc(-c4cc(C(O)(c5ccccc5)C(F)(F)F)nc(N)n4)c3c2)cn1. The molecule has 8 nitrogen and oxygen atoms in total. The monoisotopic (exact) mass is 465 g/mol. The van der Waals surface area contributed by atoms with Crippen LogP contribution in [0.2, 0.25) is 0 Å². The number of aliphatic hydroxyl groups is 1. The summed E-state index contributed by atoms with van der Waals surface area (Å²) in [4.78, 5) is 15.3. The minimum absolute atomic E-state index is 0.109. The fourth-order valence-electron chi connectivity index (χ4n) is 3.87. The highest BCUT2D eigenvalue weighted by Gasteiger charge is 2.57. The van der Waals surface area contributed by atoms with E-state index in [9.17, 15) is 18.3 Å². The molecule has 0 aliphatic rings. The molecule has 0 amide bonds. The zero-order valence-electron chi connectivity index (χ0n) is 17.7. The van der Waals surface area contributed by atoms with Crippen LogP contribution in [0, 0.1) is 0 Å². The second kappa shape index (κ2) is 7.66. The summed E-state index contributed by atoms with van der Waals surface area (Å²) < 4.78 is 44.3. The molecule has 0 saturated heterocycles. The van der Waals surface area contributed by atoms with E-state index in [-0.39, 0.29) is 11.3 Å². The lowest BCUT2D eigenvalue weighted by molar-refractivity contribution is -0.249. The fourth-order valence-corrected chi connectivity index (χ4v) is 3.87. The molecular weight excluding hydrogens is 447 g/mol. The molecule has 4 N–H and O–H groups in total. The van der Waals surface area contributed by atoms with E-state index in [2.05, 4.69) is 25.0 Å². The molecule has 4 heterocycles. The van der Waals surface area contributed by atoms with Gasteiger partial charge in [0.15, 0.2) is 0 Å². The average Bonchev–Trinajstić information content (AvgIpc) is 3.43. The predicted octanol–water partition coefficient (Wildman–Crippen LogP) is 3.80. The molecule has 5 aromatic rings. The van der Waals surface area contributed by atoms with Crippen LogP contribution in [0.4, 0.5) is 19.1 Å². The third-order valence-electron chi connectivity index (χ3n) is 5.56. The Bertz CT molecular complexity index is 1490. The van der Waals surface area contributed by atoms with Crippen molar-refractivity contribution in [3.63, 3.8) is 0 Å². The molecule has 1 atom stereocenters. The smallest absolute Gasteiger partial charge is 0.371 e. The highest BCUT2D eigenvalue weighted by Crippen LogP contribution is 2.44. The maximum Gasteiger partial charge on any atom is 0.427 e. The third-order valence-corrected chi connectivity index (χ3v) is 5.56. The van der Waals surface area contributed by atoms with Crippen molar-refractivity contribution < 1.29 is 18.3 Å². The number of nitrogens with one attached hydrogen (secondary N) is 1. The summed E-state index contributed by atoms with van der Waals surface area (Å²) >= 11 is 0. The first-order valence-corrected chi connectivity index (χ1v) is 10.1. The van der Waals surface area contributed by atoms with Crippen LogP contribution in [0.15, 0.2) is 67.3 Å². The quantitative estimate of drug-likeness (QED) is 0.372. The Morgan fingerprint density at radius 1 is 1.03 bits per heavy atom. The summed E-state index contributed by atoms with van der Waals surface area (Å²) in [5, 5.41) is 15.7.